The van der Waals surface area contributed by atoms with Crippen LogP contribution in [0.15, 0.2) is 4.52 Å². The smallest absolute Gasteiger partial charge is 0.266 e. The molecule has 1 aromatic heterocycles. The Morgan fingerprint density at radius 1 is 1.47 bits per heavy atom. The van der Waals surface area contributed by atoms with Crippen molar-refractivity contribution in [1.29, 1.82) is 0 Å². The molecule has 96 valence electrons. The molecule has 5 nitrogen and oxygen atoms in total. The van der Waals surface area contributed by atoms with Crippen molar-refractivity contribution >= 4 is 5.95 Å². The third kappa shape index (κ3) is 2.77. The van der Waals surface area contributed by atoms with Gasteiger partial charge in [-0.15, -0.1) is 0 Å². The first-order valence-electron chi connectivity index (χ1n) is 6.24. The van der Waals surface area contributed by atoms with Gasteiger partial charge in [0.05, 0.1) is 0 Å². The van der Waals surface area contributed by atoms with Crippen LogP contribution >= 0.6 is 0 Å². The fraction of sp³-hybridized carbons (Fsp3) is 0.833. The van der Waals surface area contributed by atoms with Crippen LogP contribution in [0.1, 0.15) is 33.1 Å². The second-order valence-electron chi connectivity index (χ2n) is 5.81. The molecule has 2 heterocycles. The van der Waals surface area contributed by atoms with E-state index < -0.39 is 0 Å². The standard InChI is InChI=1S/C12H22N4O/c1-12(2,3)10-14-11(15-17-10)16-6-5-9(8-16)7-13-4/h9,13H,5-8H2,1-4H3. The summed E-state index contributed by atoms with van der Waals surface area (Å²) in [5, 5.41) is 7.30. The second-order valence-corrected chi connectivity index (χ2v) is 5.81. The van der Waals surface area contributed by atoms with Crippen molar-refractivity contribution in [3.8, 4) is 0 Å². The number of aromatic nitrogens is 2. The maximum atomic E-state index is 5.32. The maximum Gasteiger partial charge on any atom is 0.266 e. The van der Waals surface area contributed by atoms with Gasteiger partial charge in [-0.1, -0.05) is 20.8 Å². The first-order valence-corrected chi connectivity index (χ1v) is 6.24. The Morgan fingerprint density at radius 2 is 2.24 bits per heavy atom. The Bertz CT molecular complexity index is 369. The lowest BCUT2D eigenvalue weighted by atomic mass is 9.97. The third-order valence-corrected chi connectivity index (χ3v) is 3.12. The molecule has 0 aliphatic carbocycles. The summed E-state index contributed by atoms with van der Waals surface area (Å²) >= 11 is 0. The Morgan fingerprint density at radius 3 is 2.82 bits per heavy atom. The lowest BCUT2D eigenvalue weighted by Crippen LogP contribution is -2.25. The quantitative estimate of drug-likeness (QED) is 0.863. The van der Waals surface area contributed by atoms with Crippen LogP contribution in [0.2, 0.25) is 0 Å². The van der Waals surface area contributed by atoms with Gasteiger partial charge in [0.25, 0.3) is 5.95 Å². The summed E-state index contributed by atoms with van der Waals surface area (Å²) in [6.45, 7) is 9.34. The molecule has 0 bridgehead atoms. The normalized spacial score (nSPS) is 21.2. The van der Waals surface area contributed by atoms with Crippen LogP contribution in [0.4, 0.5) is 5.95 Å². The van der Waals surface area contributed by atoms with E-state index in [9.17, 15) is 0 Å². The average Bonchev–Trinajstić information content (AvgIpc) is 2.82. The van der Waals surface area contributed by atoms with Crippen molar-refractivity contribution in [3.63, 3.8) is 0 Å². The van der Waals surface area contributed by atoms with E-state index in [1.165, 1.54) is 6.42 Å². The van der Waals surface area contributed by atoms with Gasteiger partial charge in [0.2, 0.25) is 5.89 Å². The molecule has 0 radical (unpaired) electrons. The van der Waals surface area contributed by atoms with E-state index in [1.54, 1.807) is 0 Å². The van der Waals surface area contributed by atoms with Crippen molar-refractivity contribution in [1.82, 2.24) is 15.5 Å². The molecule has 1 fully saturated rings. The highest BCUT2D eigenvalue weighted by Gasteiger charge is 2.28. The number of anilines is 1. The van der Waals surface area contributed by atoms with E-state index in [2.05, 4.69) is 41.1 Å². The Labute approximate surface area is 103 Å². The minimum Gasteiger partial charge on any atom is -0.338 e. The lowest BCUT2D eigenvalue weighted by molar-refractivity contribution is 0.320. The number of hydrogen-bond donors (Lipinski definition) is 1. The van der Waals surface area contributed by atoms with Crippen LogP contribution in [-0.2, 0) is 5.41 Å². The minimum absolute atomic E-state index is 0.0741. The molecule has 1 atom stereocenters. The average molecular weight is 238 g/mol. The molecule has 1 aliphatic heterocycles. The van der Waals surface area contributed by atoms with Crippen molar-refractivity contribution in [2.75, 3.05) is 31.6 Å². The van der Waals surface area contributed by atoms with Crippen LogP contribution in [0.3, 0.4) is 0 Å². The van der Waals surface area contributed by atoms with E-state index in [0.717, 1.165) is 25.6 Å². The molecular weight excluding hydrogens is 216 g/mol. The molecule has 2 rings (SSSR count). The van der Waals surface area contributed by atoms with Gasteiger partial charge in [0.1, 0.15) is 0 Å². The number of hydrogen-bond acceptors (Lipinski definition) is 5. The fourth-order valence-corrected chi connectivity index (χ4v) is 2.12. The lowest BCUT2D eigenvalue weighted by Gasteiger charge is -2.13. The minimum atomic E-state index is -0.0741. The predicted octanol–water partition coefficient (Wildman–Crippen LogP) is 1.41. The van der Waals surface area contributed by atoms with Crippen LogP contribution in [0.5, 0.6) is 0 Å². The summed E-state index contributed by atoms with van der Waals surface area (Å²) < 4.78 is 5.32. The number of nitrogens with zero attached hydrogens (tertiary/aromatic N) is 3. The van der Waals surface area contributed by atoms with Gasteiger partial charge in [-0.2, -0.15) is 4.98 Å². The van der Waals surface area contributed by atoms with E-state index >= 15 is 0 Å². The summed E-state index contributed by atoms with van der Waals surface area (Å²) in [4.78, 5) is 6.69. The molecule has 1 aliphatic rings. The van der Waals surface area contributed by atoms with Crippen LogP contribution in [0.25, 0.3) is 0 Å². The van der Waals surface area contributed by atoms with Gasteiger partial charge in [-0.3, -0.25) is 0 Å². The molecule has 0 saturated carbocycles. The van der Waals surface area contributed by atoms with Gasteiger partial charge in [0.15, 0.2) is 0 Å². The summed E-state index contributed by atoms with van der Waals surface area (Å²) in [7, 11) is 1.99. The topological polar surface area (TPSA) is 54.2 Å². The first-order chi connectivity index (χ1) is 8.00. The largest absolute Gasteiger partial charge is 0.338 e. The summed E-state index contributed by atoms with van der Waals surface area (Å²) in [5.74, 6) is 2.15. The van der Waals surface area contributed by atoms with Crippen LogP contribution in [-0.4, -0.2) is 36.8 Å². The van der Waals surface area contributed by atoms with Gasteiger partial charge in [-0.05, 0) is 31.1 Å². The predicted molar refractivity (Wildman–Crippen MR) is 67.2 cm³/mol. The molecule has 1 saturated heterocycles. The van der Waals surface area contributed by atoms with Crippen molar-refractivity contribution in [2.24, 2.45) is 5.92 Å². The van der Waals surface area contributed by atoms with Crippen LogP contribution in [0, 0.1) is 5.92 Å². The molecule has 17 heavy (non-hydrogen) atoms. The highest BCUT2D eigenvalue weighted by Crippen LogP contribution is 2.25. The number of rotatable bonds is 3. The van der Waals surface area contributed by atoms with E-state index in [4.69, 9.17) is 4.52 Å². The molecule has 0 aromatic carbocycles. The third-order valence-electron chi connectivity index (χ3n) is 3.12. The Balaban J connectivity index is 2.02. The van der Waals surface area contributed by atoms with Crippen molar-refractivity contribution in [3.05, 3.63) is 5.89 Å². The van der Waals surface area contributed by atoms with Gasteiger partial charge < -0.3 is 14.7 Å². The SMILES string of the molecule is CNCC1CCN(c2noc(C(C)(C)C)n2)C1. The fourth-order valence-electron chi connectivity index (χ4n) is 2.12. The second kappa shape index (κ2) is 4.64. The zero-order valence-electron chi connectivity index (χ0n) is 11.2. The highest BCUT2D eigenvalue weighted by atomic mass is 16.5. The zero-order valence-corrected chi connectivity index (χ0v) is 11.2. The molecule has 0 amide bonds. The van der Waals surface area contributed by atoms with E-state index in [0.29, 0.717) is 11.8 Å². The summed E-state index contributed by atoms with van der Waals surface area (Å²) in [6, 6.07) is 0. The van der Waals surface area contributed by atoms with Gasteiger partial charge >= 0.3 is 0 Å². The number of nitrogens with one attached hydrogen (secondary N) is 1. The molecule has 1 unspecified atom stereocenters. The zero-order chi connectivity index (χ0) is 12.5. The molecular formula is C12H22N4O. The van der Waals surface area contributed by atoms with E-state index in [-0.39, 0.29) is 5.41 Å². The first kappa shape index (κ1) is 12.4. The van der Waals surface area contributed by atoms with Gasteiger partial charge in [0, 0.05) is 18.5 Å². The van der Waals surface area contributed by atoms with Crippen molar-refractivity contribution < 1.29 is 4.52 Å². The Hall–Kier alpha value is -1.10. The summed E-state index contributed by atoms with van der Waals surface area (Å²) in [6.07, 6.45) is 1.19. The maximum absolute atomic E-state index is 5.32. The molecule has 1 aromatic rings. The highest BCUT2D eigenvalue weighted by molar-refractivity contribution is 5.30. The van der Waals surface area contributed by atoms with Crippen LogP contribution < -0.4 is 10.2 Å². The molecule has 1 N–H and O–H groups in total. The monoisotopic (exact) mass is 238 g/mol. The molecule has 0 spiro atoms. The Kier molecular flexibility index (Phi) is 3.38. The van der Waals surface area contributed by atoms with Crippen molar-refractivity contribution in [2.45, 2.75) is 32.6 Å². The van der Waals surface area contributed by atoms with Gasteiger partial charge in [-0.25, -0.2) is 0 Å². The van der Waals surface area contributed by atoms with E-state index in [1.807, 2.05) is 7.05 Å². The summed E-state index contributed by atoms with van der Waals surface area (Å²) in [5.41, 5.74) is -0.0741. The molecule has 5 heteroatoms.